The van der Waals surface area contributed by atoms with Crippen LogP contribution in [0.15, 0.2) is 22.7 Å². The SMILES string of the molecule is CCOc1ccc(Br)cc1NC(=O)N1CCC(C(=O)O)C1. The zero-order valence-corrected chi connectivity index (χ0v) is 13.2. The summed E-state index contributed by atoms with van der Waals surface area (Å²) < 4.78 is 6.29. The quantitative estimate of drug-likeness (QED) is 0.869. The van der Waals surface area contributed by atoms with Crippen molar-refractivity contribution in [2.75, 3.05) is 25.0 Å². The molecular formula is C14H17BrN2O4. The van der Waals surface area contributed by atoms with E-state index >= 15 is 0 Å². The van der Waals surface area contributed by atoms with Crippen molar-refractivity contribution in [1.82, 2.24) is 4.90 Å². The molecule has 21 heavy (non-hydrogen) atoms. The van der Waals surface area contributed by atoms with Gasteiger partial charge in [-0.3, -0.25) is 4.79 Å². The third-order valence-electron chi connectivity index (χ3n) is 3.31. The third-order valence-corrected chi connectivity index (χ3v) is 3.80. The van der Waals surface area contributed by atoms with Crippen molar-refractivity contribution in [2.24, 2.45) is 5.92 Å². The summed E-state index contributed by atoms with van der Waals surface area (Å²) in [4.78, 5) is 24.6. The second-order valence-corrected chi connectivity index (χ2v) is 5.69. The summed E-state index contributed by atoms with van der Waals surface area (Å²) in [5.74, 6) is -0.754. The molecule has 1 aromatic carbocycles. The van der Waals surface area contributed by atoms with Gasteiger partial charge in [-0.25, -0.2) is 4.79 Å². The van der Waals surface area contributed by atoms with Crippen LogP contribution in [-0.4, -0.2) is 41.7 Å². The van der Waals surface area contributed by atoms with Gasteiger partial charge in [0, 0.05) is 17.6 Å². The fourth-order valence-corrected chi connectivity index (χ4v) is 2.58. The molecule has 0 aromatic heterocycles. The van der Waals surface area contributed by atoms with E-state index in [0.29, 0.717) is 31.0 Å². The summed E-state index contributed by atoms with van der Waals surface area (Å²) in [6.07, 6.45) is 0.486. The summed E-state index contributed by atoms with van der Waals surface area (Å²) in [6.45, 7) is 3.04. The third kappa shape index (κ3) is 3.87. The average Bonchev–Trinajstić information content (AvgIpc) is 2.92. The van der Waals surface area contributed by atoms with Crippen molar-refractivity contribution in [1.29, 1.82) is 0 Å². The number of benzene rings is 1. The fourth-order valence-electron chi connectivity index (χ4n) is 2.22. The number of amides is 2. The van der Waals surface area contributed by atoms with Crippen LogP contribution < -0.4 is 10.1 Å². The highest BCUT2D eigenvalue weighted by Gasteiger charge is 2.31. The average molecular weight is 357 g/mol. The number of hydrogen-bond donors (Lipinski definition) is 2. The number of aliphatic carboxylic acids is 1. The number of halogens is 1. The van der Waals surface area contributed by atoms with Crippen LogP contribution in [0.2, 0.25) is 0 Å². The maximum Gasteiger partial charge on any atom is 0.321 e. The molecule has 1 unspecified atom stereocenters. The molecule has 1 atom stereocenters. The lowest BCUT2D eigenvalue weighted by Gasteiger charge is -2.18. The Bertz CT molecular complexity index is 550. The lowest BCUT2D eigenvalue weighted by Crippen LogP contribution is -2.33. The molecule has 2 amide bonds. The zero-order chi connectivity index (χ0) is 15.4. The number of ether oxygens (including phenoxy) is 1. The summed E-state index contributed by atoms with van der Waals surface area (Å²) in [5, 5.41) is 11.7. The predicted molar refractivity (Wildman–Crippen MR) is 81.6 cm³/mol. The second kappa shape index (κ2) is 6.80. The van der Waals surface area contributed by atoms with Gasteiger partial charge < -0.3 is 20.1 Å². The molecule has 1 aliphatic heterocycles. The molecule has 1 saturated heterocycles. The summed E-state index contributed by atoms with van der Waals surface area (Å²) in [7, 11) is 0. The van der Waals surface area contributed by atoms with Crippen LogP contribution in [0.3, 0.4) is 0 Å². The molecule has 1 aliphatic rings. The van der Waals surface area contributed by atoms with E-state index in [1.807, 2.05) is 13.0 Å². The van der Waals surface area contributed by atoms with Gasteiger partial charge in [-0.1, -0.05) is 15.9 Å². The van der Waals surface area contributed by atoms with E-state index < -0.39 is 11.9 Å². The van der Waals surface area contributed by atoms with Gasteiger partial charge in [0.05, 0.1) is 18.2 Å². The molecule has 2 rings (SSSR count). The monoisotopic (exact) mass is 356 g/mol. The van der Waals surface area contributed by atoms with Gasteiger partial charge in [0.2, 0.25) is 0 Å². The Balaban J connectivity index is 2.06. The van der Waals surface area contributed by atoms with E-state index in [1.54, 1.807) is 12.1 Å². The topological polar surface area (TPSA) is 78.9 Å². The van der Waals surface area contributed by atoms with E-state index in [2.05, 4.69) is 21.2 Å². The first-order chi connectivity index (χ1) is 10.0. The lowest BCUT2D eigenvalue weighted by atomic mass is 10.1. The van der Waals surface area contributed by atoms with Crippen molar-refractivity contribution in [3.05, 3.63) is 22.7 Å². The Morgan fingerprint density at radius 3 is 2.90 bits per heavy atom. The van der Waals surface area contributed by atoms with Crippen molar-refractivity contribution in [2.45, 2.75) is 13.3 Å². The highest BCUT2D eigenvalue weighted by molar-refractivity contribution is 9.10. The summed E-state index contributed by atoms with van der Waals surface area (Å²) >= 11 is 3.35. The lowest BCUT2D eigenvalue weighted by molar-refractivity contribution is -0.141. The highest BCUT2D eigenvalue weighted by atomic mass is 79.9. The normalized spacial score (nSPS) is 17.6. The van der Waals surface area contributed by atoms with Gasteiger partial charge in [-0.2, -0.15) is 0 Å². The molecule has 1 heterocycles. The number of likely N-dealkylation sites (tertiary alicyclic amines) is 1. The van der Waals surface area contributed by atoms with E-state index in [9.17, 15) is 9.59 Å². The molecule has 1 fully saturated rings. The first kappa shape index (κ1) is 15.6. The molecule has 114 valence electrons. The molecular weight excluding hydrogens is 340 g/mol. The van der Waals surface area contributed by atoms with Crippen molar-refractivity contribution >= 4 is 33.6 Å². The number of rotatable bonds is 4. The Hall–Kier alpha value is -1.76. The Morgan fingerprint density at radius 2 is 2.29 bits per heavy atom. The van der Waals surface area contributed by atoms with E-state index in [4.69, 9.17) is 9.84 Å². The standard InChI is InChI=1S/C14H17BrN2O4/c1-2-21-12-4-3-10(15)7-11(12)16-14(20)17-6-5-9(8-17)13(18)19/h3-4,7,9H,2,5-6,8H2,1H3,(H,16,20)(H,18,19). The minimum atomic E-state index is -0.859. The Morgan fingerprint density at radius 1 is 1.52 bits per heavy atom. The zero-order valence-electron chi connectivity index (χ0n) is 11.6. The molecule has 0 bridgehead atoms. The van der Waals surface area contributed by atoms with Crippen LogP contribution in [0.25, 0.3) is 0 Å². The summed E-state index contributed by atoms with van der Waals surface area (Å²) in [6, 6.07) is 5.05. The second-order valence-electron chi connectivity index (χ2n) is 4.77. The van der Waals surface area contributed by atoms with Gasteiger partial charge in [-0.15, -0.1) is 0 Å². The van der Waals surface area contributed by atoms with Gasteiger partial charge in [-0.05, 0) is 31.5 Å². The van der Waals surface area contributed by atoms with Crippen LogP contribution in [0.1, 0.15) is 13.3 Å². The molecule has 0 saturated carbocycles. The number of carboxylic acid groups (broad SMARTS) is 1. The number of carbonyl (C=O) groups is 2. The molecule has 7 heteroatoms. The predicted octanol–water partition coefficient (Wildman–Crippen LogP) is 2.79. The van der Waals surface area contributed by atoms with E-state index in [1.165, 1.54) is 4.90 Å². The van der Waals surface area contributed by atoms with Crippen LogP contribution in [0.4, 0.5) is 10.5 Å². The molecule has 6 nitrogen and oxygen atoms in total. The number of carbonyl (C=O) groups excluding carboxylic acids is 1. The number of hydrogen-bond acceptors (Lipinski definition) is 3. The largest absolute Gasteiger partial charge is 0.492 e. The van der Waals surface area contributed by atoms with Crippen LogP contribution >= 0.6 is 15.9 Å². The number of anilines is 1. The fraction of sp³-hybridized carbons (Fsp3) is 0.429. The Labute approximate surface area is 131 Å². The van der Waals surface area contributed by atoms with Crippen molar-refractivity contribution in [3.8, 4) is 5.75 Å². The first-order valence-corrected chi connectivity index (χ1v) is 7.51. The maximum absolute atomic E-state index is 12.2. The number of urea groups is 1. The summed E-state index contributed by atoms with van der Waals surface area (Å²) in [5.41, 5.74) is 0.565. The number of carboxylic acids is 1. The molecule has 0 spiro atoms. The smallest absolute Gasteiger partial charge is 0.321 e. The number of nitrogens with one attached hydrogen (secondary N) is 1. The van der Waals surface area contributed by atoms with Gasteiger partial charge >= 0.3 is 12.0 Å². The molecule has 0 radical (unpaired) electrons. The van der Waals surface area contributed by atoms with Crippen molar-refractivity contribution < 1.29 is 19.4 Å². The van der Waals surface area contributed by atoms with Crippen LogP contribution in [-0.2, 0) is 4.79 Å². The van der Waals surface area contributed by atoms with E-state index in [-0.39, 0.29) is 12.6 Å². The van der Waals surface area contributed by atoms with Crippen LogP contribution in [0, 0.1) is 5.92 Å². The first-order valence-electron chi connectivity index (χ1n) is 6.72. The van der Waals surface area contributed by atoms with Crippen molar-refractivity contribution in [3.63, 3.8) is 0 Å². The molecule has 0 aliphatic carbocycles. The van der Waals surface area contributed by atoms with Gasteiger partial charge in [0.15, 0.2) is 0 Å². The number of nitrogens with zero attached hydrogens (tertiary/aromatic N) is 1. The highest BCUT2D eigenvalue weighted by Crippen LogP contribution is 2.29. The van der Waals surface area contributed by atoms with E-state index in [0.717, 1.165) is 4.47 Å². The minimum absolute atomic E-state index is 0.235. The minimum Gasteiger partial charge on any atom is -0.492 e. The Kier molecular flexibility index (Phi) is 5.06. The van der Waals surface area contributed by atoms with Gasteiger partial charge in [0.25, 0.3) is 0 Å². The molecule has 1 aromatic rings. The van der Waals surface area contributed by atoms with Gasteiger partial charge in [0.1, 0.15) is 5.75 Å². The van der Waals surface area contributed by atoms with Crippen LogP contribution in [0.5, 0.6) is 5.75 Å². The molecule has 2 N–H and O–H groups in total. The maximum atomic E-state index is 12.2.